The Balaban J connectivity index is 2.73. The number of hydrogen-bond donors (Lipinski definition) is 2. The first kappa shape index (κ1) is 12.3. The molecule has 0 aliphatic rings. The number of sulfonamides is 1. The summed E-state index contributed by atoms with van der Waals surface area (Å²) in [5.41, 5.74) is 0. The standard InChI is InChI=1S/C10H12N2O3S/c1-2-8-11-10(13)12-16(14,15)9-6-4-3-5-7-9/h2-7H,1,8H2,(H2,11,12,13). The summed E-state index contributed by atoms with van der Waals surface area (Å²) in [6.07, 6.45) is 1.45. The molecule has 0 saturated carbocycles. The van der Waals surface area contributed by atoms with Gasteiger partial charge in [0.2, 0.25) is 0 Å². The van der Waals surface area contributed by atoms with Gasteiger partial charge in [-0.2, -0.15) is 0 Å². The molecule has 0 fully saturated rings. The van der Waals surface area contributed by atoms with Crippen molar-refractivity contribution in [2.75, 3.05) is 6.54 Å². The van der Waals surface area contributed by atoms with E-state index in [0.29, 0.717) is 0 Å². The fourth-order valence-electron chi connectivity index (χ4n) is 0.982. The first-order valence-electron chi connectivity index (χ1n) is 4.53. The molecule has 0 bridgehead atoms. The maximum absolute atomic E-state index is 11.6. The van der Waals surface area contributed by atoms with Gasteiger partial charge < -0.3 is 5.32 Å². The molecule has 0 saturated heterocycles. The molecule has 0 heterocycles. The lowest BCUT2D eigenvalue weighted by Gasteiger charge is -2.06. The van der Waals surface area contributed by atoms with Crippen molar-refractivity contribution in [2.45, 2.75) is 4.90 Å². The predicted octanol–water partition coefficient (Wildman–Crippen LogP) is 0.860. The van der Waals surface area contributed by atoms with Crippen LogP contribution < -0.4 is 10.0 Å². The van der Waals surface area contributed by atoms with Crippen LogP contribution in [0.3, 0.4) is 0 Å². The molecule has 0 radical (unpaired) electrons. The second kappa shape index (κ2) is 5.32. The molecule has 1 aromatic carbocycles. The molecule has 0 spiro atoms. The normalized spacial score (nSPS) is 10.5. The SMILES string of the molecule is C=CCNC(=O)NS(=O)(=O)c1ccccc1. The first-order chi connectivity index (χ1) is 7.56. The minimum Gasteiger partial charge on any atom is -0.334 e. The molecule has 86 valence electrons. The summed E-state index contributed by atoms with van der Waals surface area (Å²) >= 11 is 0. The molecule has 6 heteroatoms. The Hall–Kier alpha value is -1.82. The van der Waals surface area contributed by atoms with Crippen LogP contribution >= 0.6 is 0 Å². The van der Waals surface area contributed by atoms with Gasteiger partial charge in [-0.1, -0.05) is 24.3 Å². The second-order valence-corrected chi connectivity index (χ2v) is 4.60. The van der Waals surface area contributed by atoms with Crippen molar-refractivity contribution in [1.29, 1.82) is 0 Å². The first-order valence-corrected chi connectivity index (χ1v) is 6.01. The zero-order chi connectivity index (χ0) is 12.0. The lowest BCUT2D eigenvalue weighted by molar-refractivity contribution is 0.247. The van der Waals surface area contributed by atoms with Crippen molar-refractivity contribution in [1.82, 2.24) is 10.0 Å². The van der Waals surface area contributed by atoms with Crippen LogP contribution in [0.2, 0.25) is 0 Å². The number of hydrogen-bond acceptors (Lipinski definition) is 3. The van der Waals surface area contributed by atoms with E-state index in [1.54, 1.807) is 18.2 Å². The third-order valence-corrected chi connectivity index (χ3v) is 3.03. The summed E-state index contributed by atoms with van der Waals surface area (Å²) < 4.78 is 25.1. The fourth-order valence-corrected chi connectivity index (χ4v) is 1.93. The van der Waals surface area contributed by atoms with Crippen LogP contribution in [0.5, 0.6) is 0 Å². The molecular formula is C10H12N2O3S. The van der Waals surface area contributed by atoms with Crippen molar-refractivity contribution < 1.29 is 13.2 Å². The van der Waals surface area contributed by atoms with Crippen molar-refractivity contribution in [3.05, 3.63) is 43.0 Å². The Bertz CT molecular complexity index is 468. The lowest BCUT2D eigenvalue weighted by atomic mass is 10.4. The highest BCUT2D eigenvalue weighted by Gasteiger charge is 2.15. The Labute approximate surface area is 94.2 Å². The number of nitrogens with one attached hydrogen (secondary N) is 2. The molecule has 0 atom stereocenters. The van der Waals surface area contributed by atoms with E-state index < -0.39 is 16.1 Å². The molecule has 1 rings (SSSR count). The predicted molar refractivity (Wildman–Crippen MR) is 60.4 cm³/mol. The summed E-state index contributed by atoms with van der Waals surface area (Å²) in [5.74, 6) is 0. The average Bonchev–Trinajstić information content (AvgIpc) is 2.27. The Morgan fingerprint density at radius 2 is 1.94 bits per heavy atom. The highest BCUT2D eigenvalue weighted by Crippen LogP contribution is 2.06. The number of rotatable bonds is 4. The average molecular weight is 240 g/mol. The van der Waals surface area contributed by atoms with Crippen LogP contribution in [0.4, 0.5) is 4.79 Å². The second-order valence-electron chi connectivity index (χ2n) is 2.92. The van der Waals surface area contributed by atoms with Gasteiger partial charge in [0.05, 0.1) is 4.90 Å². The monoisotopic (exact) mass is 240 g/mol. The molecule has 2 N–H and O–H groups in total. The van der Waals surface area contributed by atoms with Gasteiger partial charge in [-0.15, -0.1) is 6.58 Å². The number of benzene rings is 1. The third-order valence-electron chi connectivity index (χ3n) is 1.69. The highest BCUT2D eigenvalue weighted by atomic mass is 32.2. The summed E-state index contributed by atoms with van der Waals surface area (Å²) in [7, 11) is -3.79. The third kappa shape index (κ3) is 3.39. The minimum atomic E-state index is -3.79. The van der Waals surface area contributed by atoms with E-state index in [4.69, 9.17) is 0 Å². The van der Waals surface area contributed by atoms with Crippen LogP contribution in [0.15, 0.2) is 47.9 Å². The molecule has 0 aromatic heterocycles. The van der Waals surface area contributed by atoms with E-state index in [1.165, 1.54) is 18.2 Å². The van der Waals surface area contributed by atoms with E-state index >= 15 is 0 Å². The van der Waals surface area contributed by atoms with Crippen molar-refractivity contribution in [3.63, 3.8) is 0 Å². The van der Waals surface area contributed by atoms with E-state index in [2.05, 4.69) is 11.9 Å². The van der Waals surface area contributed by atoms with Gasteiger partial charge in [-0.3, -0.25) is 0 Å². The van der Waals surface area contributed by atoms with Crippen LogP contribution in [0.1, 0.15) is 0 Å². The number of urea groups is 1. The molecule has 1 aromatic rings. The fraction of sp³-hybridized carbons (Fsp3) is 0.100. The summed E-state index contributed by atoms with van der Waals surface area (Å²) in [6, 6.07) is 6.89. The number of carbonyl (C=O) groups is 1. The van der Waals surface area contributed by atoms with Crippen LogP contribution in [0.25, 0.3) is 0 Å². The zero-order valence-corrected chi connectivity index (χ0v) is 9.33. The van der Waals surface area contributed by atoms with E-state index in [1.807, 2.05) is 4.72 Å². The smallest absolute Gasteiger partial charge is 0.328 e. The quantitative estimate of drug-likeness (QED) is 0.766. The highest BCUT2D eigenvalue weighted by molar-refractivity contribution is 7.90. The van der Waals surface area contributed by atoms with E-state index in [0.717, 1.165) is 0 Å². The summed E-state index contributed by atoms with van der Waals surface area (Å²) in [6.45, 7) is 3.60. The summed E-state index contributed by atoms with van der Waals surface area (Å²) in [5, 5.41) is 2.31. The van der Waals surface area contributed by atoms with Crippen LogP contribution in [-0.2, 0) is 10.0 Å². The molecule has 5 nitrogen and oxygen atoms in total. The molecule has 0 aliphatic heterocycles. The zero-order valence-electron chi connectivity index (χ0n) is 8.51. The van der Waals surface area contributed by atoms with Crippen LogP contribution in [0, 0.1) is 0 Å². The number of amides is 2. The van der Waals surface area contributed by atoms with Gasteiger partial charge in [0.25, 0.3) is 10.0 Å². The Morgan fingerprint density at radius 3 is 2.50 bits per heavy atom. The molecule has 0 aliphatic carbocycles. The van der Waals surface area contributed by atoms with Gasteiger partial charge >= 0.3 is 6.03 Å². The van der Waals surface area contributed by atoms with Crippen molar-refractivity contribution >= 4 is 16.1 Å². The summed E-state index contributed by atoms with van der Waals surface area (Å²) in [4.78, 5) is 11.2. The van der Waals surface area contributed by atoms with Crippen LogP contribution in [-0.4, -0.2) is 21.0 Å². The van der Waals surface area contributed by atoms with Crippen molar-refractivity contribution in [3.8, 4) is 0 Å². The van der Waals surface area contributed by atoms with E-state index in [9.17, 15) is 13.2 Å². The van der Waals surface area contributed by atoms with Gasteiger partial charge in [-0.25, -0.2) is 17.9 Å². The molecular weight excluding hydrogens is 228 g/mol. The lowest BCUT2D eigenvalue weighted by Crippen LogP contribution is -2.39. The van der Waals surface area contributed by atoms with Gasteiger partial charge in [0, 0.05) is 6.54 Å². The Morgan fingerprint density at radius 1 is 1.31 bits per heavy atom. The van der Waals surface area contributed by atoms with Crippen molar-refractivity contribution in [2.24, 2.45) is 0 Å². The number of carbonyl (C=O) groups excluding carboxylic acids is 1. The largest absolute Gasteiger partial charge is 0.334 e. The van der Waals surface area contributed by atoms with Gasteiger partial charge in [-0.05, 0) is 12.1 Å². The molecule has 2 amide bonds. The van der Waals surface area contributed by atoms with Gasteiger partial charge in [0.15, 0.2) is 0 Å². The maximum atomic E-state index is 11.6. The topological polar surface area (TPSA) is 75.3 Å². The van der Waals surface area contributed by atoms with Gasteiger partial charge in [0.1, 0.15) is 0 Å². The maximum Gasteiger partial charge on any atom is 0.328 e. The Kier molecular flexibility index (Phi) is 4.07. The molecule has 16 heavy (non-hydrogen) atoms. The molecule has 0 unspecified atom stereocenters. The minimum absolute atomic E-state index is 0.0451. The van der Waals surface area contributed by atoms with E-state index in [-0.39, 0.29) is 11.4 Å².